The Morgan fingerprint density at radius 3 is 2.36 bits per heavy atom. The molecular weight excluding hydrogens is 278 g/mol. The van der Waals surface area contributed by atoms with Crippen LogP contribution in [0.5, 0.6) is 0 Å². The molecule has 0 aliphatic heterocycles. The second-order valence-electron chi connectivity index (χ2n) is 7.28. The monoisotopic (exact) mass is 309 g/mol. The van der Waals surface area contributed by atoms with Crippen LogP contribution in [0.25, 0.3) is 0 Å². The van der Waals surface area contributed by atoms with Gasteiger partial charge in [0.1, 0.15) is 6.10 Å². The summed E-state index contributed by atoms with van der Waals surface area (Å²) in [6.45, 7) is 4.49. The average molecular weight is 309 g/mol. The van der Waals surface area contributed by atoms with Crippen molar-refractivity contribution in [3.63, 3.8) is 0 Å². The molecule has 0 aromatic heterocycles. The first-order valence-corrected chi connectivity index (χ1v) is 9.03. The van der Waals surface area contributed by atoms with Crippen molar-refractivity contribution in [3.8, 4) is 0 Å². The number of hydrogen-bond acceptors (Lipinski definition) is 3. The second-order valence-corrected chi connectivity index (χ2v) is 7.28. The summed E-state index contributed by atoms with van der Waals surface area (Å²) < 4.78 is 5.53. The van der Waals surface area contributed by atoms with Crippen LogP contribution in [0.1, 0.15) is 78.1 Å². The Morgan fingerprint density at radius 2 is 1.68 bits per heavy atom. The van der Waals surface area contributed by atoms with E-state index in [0.29, 0.717) is 12.0 Å². The molecule has 0 spiro atoms. The molecule has 126 valence electrons. The smallest absolute Gasteiger partial charge is 0.306 e. The first-order chi connectivity index (χ1) is 10.5. The molecule has 22 heavy (non-hydrogen) atoms. The highest BCUT2D eigenvalue weighted by atomic mass is 16.5. The van der Waals surface area contributed by atoms with Gasteiger partial charge in [-0.1, -0.05) is 33.1 Å². The van der Waals surface area contributed by atoms with E-state index in [4.69, 9.17) is 4.74 Å². The molecule has 0 saturated heterocycles. The van der Waals surface area contributed by atoms with E-state index < -0.39 is 0 Å². The lowest BCUT2D eigenvalue weighted by Crippen LogP contribution is -2.36. The van der Waals surface area contributed by atoms with Crippen LogP contribution in [0.15, 0.2) is 0 Å². The van der Waals surface area contributed by atoms with Crippen LogP contribution in [-0.4, -0.2) is 24.0 Å². The standard InChI is InChI=1S/C18H31NO3/c1-13-8-9-16(12-14(13)2)22-18(21)11-10-17(20)19-15-6-4-3-5-7-15/h13-16H,3-12H2,1-2H3,(H,19,20)/t13-,14+,16+/m1/s1. The zero-order chi connectivity index (χ0) is 15.9. The van der Waals surface area contributed by atoms with Crippen LogP contribution in [0.2, 0.25) is 0 Å². The lowest BCUT2D eigenvalue weighted by atomic mass is 9.80. The minimum absolute atomic E-state index is 0.00511. The van der Waals surface area contributed by atoms with E-state index in [-0.39, 0.29) is 30.8 Å². The predicted octanol–water partition coefficient (Wildman–Crippen LogP) is 3.58. The largest absolute Gasteiger partial charge is 0.462 e. The molecular formula is C18H31NO3. The van der Waals surface area contributed by atoms with E-state index in [1.807, 2.05) is 0 Å². The molecule has 0 bridgehead atoms. The van der Waals surface area contributed by atoms with Gasteiger partial charge in [-0.3, -0.25) is 9.59 Å². The van der Waals surface area contributed by atoms with Gasteiger partial charge in [0, 0.05) is 12.5 Å². The third kappa shape index (κ3) is 5.62. The van der Waals surface area contributed by atoms with Crippen LogP contribution in [0, 0.1) is 11.8 Å². The first-order valence-electron chi connectivity index (χ1n) is 9.03. The Morgan fingerprint density at radius 1 is 0.955 bits per heavy atom. The van der Waals surface area contributed by atoms with Crippen molar-refractivity contribution in [2.75, 3.05) is 0 Å². The normalized spacial score (nSPS) is 29.8. The number of rotatable bonds is 5. The van der Waals surface area contributed by atoms with E-state index in [1.165, 1.54) is 19.3 Å². The number of esters is 1. The van der Waals surface area contributed by atoms with Crippen LogP contribution in [0.3, 0.4) is 0 Å². The summed E-state index contributed by atoms with van der Waals surface area (Å²) >= 11 is 0. The number of carbonyl (C=O) groups excluding carboxylic acids is 2. The third-order valence-corrected chi connectivity index (χ3v) is 5.37. The molecule has 0 aromatic rings. The Hall–Kier alpha value is -1.06. The SMILES string of the molecule is C[C@@H]1CC[C@H](OC(=O)CCC(=O)NC2CCCCC2)C[C@@H]1C. The Balaban J connectivity index is 1.61. The fourth-order valence-corrected chi connectivity index (χ4v) is 3.61. The lowest BCUT2D eigenvalue weighted by Gasteiger charge is -2.31. The molecule has 2 saturated carbocycles. The Kier molecular flexibility index (Phi) is 6.71. The summed E-state index contributed by atoms with van der Waals surface area (Å²) in [6, 6.07) is 0.318. The van der Waals surface area contributed by atoms with E-state index in [9.17, 15) is 9.59 Å². The Labute approximate surface area is 134 Å². The lowest BCUT2D eigenvalue weighted by molar-refractivity contribution is -0.152. The van der Waals surface area contributed by atoms with Crippen molar-refractivity contribution < 1.29 is 14.3 Å². The van der Waals surface area contributed by atoms with Crippen molar-refractivity contribution in [1.82, 2.24) is 5.32 Å². The van der Waals surface area contributed by atoms with E-state index in [0.717, 1.165) is 38.0 Å². The van der Waals surface area contributed by atoms with Crippen LogP contribution < -0.4 is 5.32 Å². The topological polar surface area (TPSA) is 55.4 Å². The maximum absolute atomic E-state index is 11.9. The maximum atomic E-state index is 11.9. The van der Waals surface area contributed by atoms with Crippen molar-refractivity contribution >= 4 is 11.9 Å². The number of carbonyl (C=O) groups is 2. The van der Waals surface area contributed by atoms with Crippen LogP contribution >= 0.6 is 0 Å². The second kappa shape index (κ2) is 8.54. The molecule has 2 rings (SSSR count). The van der Waals surface area contributed by atoms with Gasteiger partial charge in [-0.2, -0.15) is 0 Å². The van der Waals surface area contributed by atoms with Crippen LogP contribution in [-0.2, 0) is 14.3 Å². The van der Waals surface area contributed by atoms with Crippen molar-refractivity contribution in [2.45, 2.75) is 90.2 Å². The highest BCUT2D eigenvalue weighted by Gasteiger charge is 2.27. The van der Waals surface area contributed by atoms with Crippen molar-refractivity contribution in [2.24, 2.45) is 11.8 Å². The van der Waals surface area contributed by atoms with Gasteiger partial charge in [0.2, 0.25) is 5.91 Å². The van der Waals surface area contributed by atoms with Gasteiger partial charge in [0.05, 0.1) is 6.42 Å². The zero-order valence-electron chi connectivity index (χ0n) is 14.1. The number of hydrogen-bond donors (Lipinski definition) is 1. The summed E-state index contributed by atoms with van der Waals surface area (Å²) in [6.07, 6.45) is 9.40. The van der Waals surface area contributed by atoms with Crippen molar-refractivity contribution in [3.05, 3.63) is 0 Å². The molecule has 4 nitrogen and oxygen atoms in total. The summed E-state index contributed by atoms with van der Waals surface area (Å²) in [7, 11) is 0. The number of ether oxygens (including phenoxy) is 1. The van der Waals surface area contributed by atoms with E-state index >= 15 is 0 Å². The van der Waals surface area contributed by atoms with E-state index in [1.54, 1.807) is 0 Å². The number of nitrogens with one attached hydrogen (secondary N) is 1. The molecule has 2 aliphatic rings. The van der Waals surface area contributed by atoms with Gasteiger partial charge in [-0.15, -0.1) is 0 Å². The van der Waals surface area contributed by atoms with Crippen molar-refractivity contribution in [1.29, 1.82) is 0 Å². The van der Waals surface area contributed by atoms with E-state index in [2.05, 4.69) is 19.2 Å². The number of amides is 1. The zero-order valence-corrected chi connectivity index (χ0v) is 14.1. The molecule has 3 atom stereocenters. The predicted molar refractivity (Wildman–Crippen MR) is 86.3 cm³/mol. The molecule has 2 fully saturated rings. The molecule has 0 unspecified atom stereocenters. The molecule has 0 aromatic carbocycles. The fraction of sp³-hybridized carbons (Fsp3) is 0.889. The van der Waals surface area contributed by atoms with Gasteiger partial charge < -0.3 is 10.1 Å². The fourth-order valence-electron chi connectivity index (χ4n) is 3.61. The summed E-state index contributed by atoms with van der Waals surface area (Å²) in [4.78, 5) is 23.8. The molecule has 1 amide bonds. The Bertz CT molecular complexity index is 377. The average Bonchev–Trinajstić information content (AvgIpc) is 2.50. The first kappa shape index (κ1) is 17.3. The minimum Gasteiger partial charge on any atom is -0.462 e. The summed E-state index contributed by atoms with van der Waals surface area (Å²) in [5.41, 5.74) is 0. The minimum atomic E-state index is -0.217. The molecule has 0 heterocycles. The van der Waals surface area contributed by atoms with Crippen LogP contribution in [0.4, 0.5) is 0 Å². The summed E-state index contributed by atoms with van der Waals surface area (Å²) in [5.74, 6) is 1.11. The quantitative estimate of drug-likeness (QED) is 0.790. The molecule has 4 heteroatoms. The molecule has 1 N–H and O–H groups in total. The highest BCUT2D eigenvalue weighted by molar-refractivity contribution is 5.81. The van der Waals surface area contributed by atoms with Gasteiger partial charge in [-0.25, -0.2) is 0 Å². The molecule has 0 radical (unpaired) electrons. The van der Waals surface area contributed by atoms with Gasteiger partial charge in [0.25, 0.3) is 0 Å². The van der Waals surface area contributed by atoms with Gasteiger partial charge in [0.15, 0.2) is 0 Å². The highest BCUT2D eigenvalue weighted by Crippen LogP contribution is 2.31. The van der Waals surface area contributed by atoms with Gasteiger partial charge >= 0.3 is 5.97 Å². The summed E-state index contributed by atoms with van der Waals surface area (Å²) in [5, 5.41) is 3.04. The molecule has 2 aliphatic carbocycles. The van der Waals surface area contributed by atoms with Gasteiger partial charge in [-0.05, 0) is 43.9 Å². The third-order valence-electron chi connectivity index (χ3n) is 5.37. The maximum Gasteiger partial charge on any atom is 0.306 e.